The number of hydrogen-bond donors (Lipinski definition) is 2. The first-order valence-corrected chi connectivity index (χ1v) is 16.6. The van der Waals surface area contributed by atoms with Crippen molar-refractivity contribution in [2.24, 2.45) is 0 Å². The van der Waals surface area contributed by atoms with Crippen molar-refractivity contribution in [2.45, 2.75) is 57.0 Å². The van der Waals surface area contributed by atoms with E-state index in [4.69, 9.17) is 24.3 Å². The highest BCUT2D eigenvalue weighted by atomic mass is 19.4. The number of carbonyl (C=O) groups is 2. The second-order valence-electron chi connectivity index (χ2n) is 12.3. The average molecular weight is 715 g/mol. The van der Waals surface area contributed by atoms with E-state index in [1.165, 1.54) is 0 Å². The molecule has 0 unspecified atom stereocenters. The number of methoxy groups -OCH3 is 2. The van der Waals surface area contributed by atoms with Crippen molar-refractivity contribution >= 4 is 34.9 Å². The second-order valence-corrected chi connectivity index (χ2v) is 12.3. The van der Waals surface area contributed by atoms with Crippen LogP contribution >= 0.6 is 0 Å². The molecule has 1 amide bonds. The summed E-state index contributed by atoms with van der Waals surface area (Å²) < 4.78 is 58.0. The highest BCUT2D eigenvalue weighted by Gasteiger charge is 2.31. The predicted octanol–water partition coefficient (Wildman–Crippen LogP) is 7.78. The van der Waals surface area contributed by atoms with E-state index in [1.807, 2.05) is 16.8 Å². The fourth-order valence-corrected chi connectivity index (χ4v) is 6.50. The molecule has 2 aromatic carbocycles. The Morgan fingerprint density at radius 2 is 1.85 bits per heavy atom. The van der Waals surface area contributed by atoms with Crippen LogP contribution in [0.15, 0.2) is 79.6 Å². The van der Waals surface area contributed by atoms with Gasteiger partial charge in [-0.05, 0) is 62.1 Å². The number of alkyl halides is 3. The van der Waals surface area contributed by atoms with Gasteiger partial charge >= 0.3 is 6.18 Å². The molecule has 1 fully saturated rings. The van der Waals surface area contributed by atoms with Gasteiger partial charge < -0.3 is 24.8 Å². The van der Waals surface area contributed by atoms with Crippen molar-refractivity contribution in [3.8, 4) is 22.8 Å². The number of anilines is 2. The fourth-order valence-electron chi connectivity index (χ4n) is 6.50. The van der Waals surface area contributed by atoms with Crippen LogP contribution in [0.2, 0.25) is 0 Å². The molecule has 0 saturated heterocycles. The third-order valence-corrected chi connectivity index (χ3v) is 9.05. The van der Waals surface area contributed by atoms with Crippen LogP contribution in [0.5, 0.6) is 11.5 Å². The highest BCUT2D eigenvalue weighted by molar-refractivity contribution is 6.05. The van der Waals surface area contributed by atoms with Gasteiger partial charge in [0.15, 0.2) is 0 Å². The number of rotatable bonds is 13. The second kappa shape index (κ2) is 15.5. The van der Waals surface area contributed by atoms with Crippen molar-refractivity contribution < 1.29 is 37.0 Å². The Morgan fingerprint density at radius 1 is 1.04 bits per heavy atom. The molecule has 5 aromatic rings. The summed E-state index contributed by atoms with van der Waals surface area (Å²) in [4.78, 5) is 33.0. The van der Waals surface area contributed by atoms with E-state index >= 15 is 0 Å². The first kappa shape index (κ1) is 35.9. The summed E-state index contributed by atoms with van der Waals surface area (Å²) >= 11 is 0. The number of nitrogens with one attached hydrogen (secondary N) is 2. The first-order chi connectivity index (χ1) is 25.1. The van der Waals surface area contributed by atoms with Crippen molar-refractivity contribution in [2.75, 3.05) is 24.9 Å². The van der Waals surface area contributed by atoms with E-state index in [0.29, 0.717) is 54.4 Å². The number of ether oxygens (including phenoxy) is 3. The summed E-state index contributed by atoms with van der Waals surface area (Å²) in [6, 6.07) is 13.7. The van der Waals surface area contributed by atoms with Crippen LogP contribution in [-0.2, 0) is 28.7 Å². The van der Waals surface area contributed by atoms with Crippen LogP contribution in [0.4, 0.5) is 24.8 Å². The summed E-state index contributed by atoms with van der Waals surface area (Å²) in [6.45, 7) is 4.81. The number of benzene rings is 2. The molecule has 0 spiro atoms. The van der Waals surface area contributed by atoms with Crippen LogP contribution in [-0.4, -0.2) is 52.5 Å². The van der Waals surface area contributed by atoms with Gasteiger partial charge in [-0.2, -0.15) is 18.3 Å². The maximum absolute atomic E-state index is 13.2. The zero-order valence-electron chi connectivity index (χ0n) is 28.6. The van der Waals surface area contributed by atoms with Gasteiger partial charge in [-0.25, -0.2) is 9.97 Å². The van der Waals surface area contributed by atoms with E-state index in [1.54, 1.807) is 56.8 Å². The van der Waals surface area contributed by atoms with E-state index in [2.05, 4.69) is 22.2 Å². The molecule has 11 nitrogen and oxygen atoms in total. The number of aromatic nitrogens is 4. The molecule has 0 bridgehead atoms. The van der Waals surface area contributed by atoms with Crippen molar-refractivity contribution in [3.63, 3.8) is 0 Å². The lowest BCUT2D eigenvalue weighted by Gasteiger charge is -2.29. The quantitative estimate of drug-likeness (QED) is 0.0928. The molecule has 1 aliphatic carbocycles. The molecule has 0 aliphatic heterocycles. The molecule has 52 heavy (non-hydrogen) atoms. The molecule has 14 heteroatoms. The molecular formula is C38H37F3N6O5. The molecule has 3 aromatic heterocycles. The van der Waals surface area contributed by atoms with Gasteiger partial charge in [0.1, 0.15) is 34.9 Å². The Balaban J connectivity index is 1.41. The maximum atomic E-state index is 13.2. The fraction of sp³-hybridized carbons (Fsp3) is 0.289. The molecule has 0 radical (unpaired) electrons. The minimum atomic E-state index is -4.58. The molecule has 270 valence electrons. The van der Waals surface area contributed by atoms with Gasteiger partial charge in [0.25, 0.3) is 12.4 Å². The summed E-state index contributed by atoms with van der Waals surface area (Å²) in [6.07, 6.45) is 3.30. The lowest BCUT2D eigenvalue weighted by atomic mass is 9.92. The molecule has 3 heterocycles. The van der Waals surface area contributed by atoms with E-state index in [9.17, 15) is 22.8 Å². The first-order valence-electron chi connectivity index (χ1n) is 16.6. The van der Waals surface area contributed by atoms with Crippen molar-refractivity contribution in [1.82, 2.24) is 19.7 Å². The summed E-state index contributed by atoms with van der Waals surface area (Å²) in [5.41, 5.74) is 3.19. The Morgan fingerprint density at radius 3 is 2.56 bits per heavy atom. The normalized spacial score (nSPS) is 15.9. The Hall–Kier alpha value is -5.92. The smallest absolute Gasteiger partial charge is 0.416 e. The third-order valence-electron chi connectivity index (χ3n) is 9.05. The number of carbonyl (C=O) groups excluding carboxylic acids is 2. The monoisotopic (exact) mass is 714 g/mol. The zero-order chi connectivity index (χ0) is 36.8. The maximum Gasteiger partial charge on any atom is 0.416 e. The Labute approximate surface area is 297 Å². The number of pyridine rings is 2. The number of hydrogen-bond acceptors (Lipinski definition) is 9. The number of fused-ring (bicyclic) bond motifs is 1. The number of amides is 1. The summed E-state index contributed by atoms with van der Waals surface area (Å²) in [5, 5.41) is 11.8. The minimum absolute atomic E-state index is 0.0829. The van der Waals surface area contributed by atoms with Gasteiger partial charge in [-0.3, -0.25) is 14.3 Å². The Kier molecular flexibility index (Phi) is 10.7. The lowest BCUT2D eigenvalue weighted by Crippen LogP contribution is -2.25. The Bertz CT molecular complexity index is 2080. The largest absolute Gasteiger partial charge is 0.497 e. The average Bonchev–Trinajstić information content (AvgIpc) is 3.56. The van der Waals surface area contributed by atoms with E-state index < -0.39 is 17.6 Å². The predicted molar refractivity (Wildman–Crippen MR) is 189 cm³/mol. The number of allylic oxidation sites excluding steroid dienone is 1. The van der Waals surface area contributed by atoms with Gasteiger partial charge in [0.05, 0.1) is 36.7 Å². The molecule has 1 saturated carbocycles. The molecule has 2 atom stereocenters. The number of nitrogens with zero attached hydrogens (tertiary/aromatic N) is 4. The summed E-state index contributed by atoms with van der Waals surface area (Å²) in [5.74, 6) is 1.02. The molecular weight excluding hydrogens is 677 g/mol. The van der Waals surface area contributed by atoms with Crippen molar-refractivity contribution in [1.29, 1.82) is 0 Å². The van der Waals surface area contributed by atoms with E-state index in [-0.39, 0.29) is 23.5 Å². The van der Waals surface area contributed by atoms with Gasteiger partial charge in [0, 0.05) is 53.7 Å². The SMILES string of the molecule is C=CCc1cnc(NCc2ccc(OC)cc2OC)c2c(-c3ccc(C(=O)Nc4cc(C(F)(F)F)ccn4)cc3)nn([C@@H]3CCC[C@@H](OC=O)C3)c12. The highest BCUT2D eigenvalue weighted by Crippen LogP contribution is 2.40. The van der Waals surface area contributed by atoms with Crippen LogP contribution in [0, 0.1) is 0 Å². The topological polar surface area (TPSA) is 129 Å². The van der Waals surface area contributed by atoms with Crippen LogP contribution in [0.25, 0.3) is 22.2 Å². The lowest BCUT2D eigenvalue weighted by molar-refractivity contribution is -0.137. The van der Waals surface area contributed by atoms with Gasteiger partial charge in [-0.15, -0.1) is 6.58 Å². The van der Waals surface area contributed by atoms with Gasteiger partial charge in [0.2, 0.25) is 0 Å². The van der Waals surface area contributed by atoms with Crippen molar-refractivity contribution in [3.05, 3.63) is 102 Å². The summed E-state index contributed by atoms with van der Waals surface area (Å²) in [7, 11) is 3.18. The van der Waals surface area contributed by atoms with Crippen LogP contribution < -0.4 is 20.1 Å². The molecule has 6 rings (SSSR count). The number of halogens is 3. The minimum Gasteiger partial charge on any atom is -0.497 e. The molecule has 1 aliphatic rings. The van der Waals surface area contributed by atoms with E-state index in [0.717, 1.165) is 59.6 Å². The molecule has 2 N–H and O–H groups in total. The van der Waals surface area contributed by atoms with Crippen LogP contribution in [0.1, 0.15) is 58.8 Å². The third kappa shape index (κ3) is 7.70. The van der Waals surface area contributed by atoms with Gasteiger partial charge in [-0.1, -0.05) is 18.2 Å². The zero-order valence-corrected chi connectivity index (χ0v) is 28.6. The standard InChI is InChI=1S/C38H37F3N6O5/c1-4-6-26-21-44-36(43-20-25-13-14-29(50-2)19-31(25)51-3)33-34(46-47(35(26)33)28-7-5-8-30(18-28)52-22-48)23-9-11-24(12-10-23)37(49)45-32-17-27(15-16-42-32)38(39,40)41/h4,9-17,19,21-22,28,30H,1,5-8,18,20H2,2-3H3,(H,43,44)(H,42,45,49)/t28-,30-/m1/s1. The van der Waals surface area contributed by atoms with Crippen LogP contribution in [0.3, 0.4) is 0 Å².